The van der Waals surface area contributed by atoms with Crippen LogP contribution >= 0.6 is 0 Å². The molecule has 0 saturated carbocycles. The molecule has 90 valence electrons. The van der Waals surface area contributed by atoms with E-state index >= 15 is 0 Å². The largest absolute Gasteiger partial charge is 0.456 e. The number of benzene rings is 2. The van der Waals surface area contributed by atoms with Gasteiger partial charge in [-0.05, 0) is 37.1 Å². The van der Waals surface area contributed by atoms with Crippen LogP contribution in [0.4, 0.5) is 0 Å². The van der Waals surface area contributed by atoms with Crippen molar-refractivity contribution in [3.8, 4) is 11.5 Å². The average Bonchev–Trinajstić information content (AvgIpc) is 2.56. The van der Waals surface area contributed by atoms with Gasteiger partial charge in [-0.25, -0.2) is 0 Å². The zero-order chi connectivity index (χ0) is 12.5. The highest BCUT2D eigenvalue weighted by atomic mass is 16.5. The molecule has 1 heterocycles. The highest BCUT2D eigenvalue weighted by Gasteiger charge is 2.10. The van der Waals surface area contributed by atoms with Gasteiger partial charge in [-0.1, -0.05) is 42.8 Å². The Labute approximate surface area is 108 Å². The van der Waals surface area contributed by atoms with Crippen molar-refractivity contribution in [2.24, 2.45) is 0 Å². The van der Waals surface area contributed by atoms with E-state index in [-0.39, 0.29) is 0 Å². The normalized spacial score (nSPS) is 12.3. The zero-order valence-corrected chi connectivity index (χ0v) is 10.7. The summed E-state index contributed by atoms with van der Waals surface area (Å²) in [6, 6.07) is 12.7. The Morgan fingerprint density at radius 1 is 0.889 bits per heavy atom. The monoisotopic (exact) mass is 236 g/mol. The summed E-state index contributed by atoms with van der Waals surface area (Å²) in [6.07, 6.45) is 5.28. The maximum absolute atomic E-state index is 6.04. The highest BCUT2D eigenvalue weighted by molar-refractivity contribution is 5.78. The fraction of sp³-hybridized carbons (Fsp3) is 0.176. The lowest BCUT2D eigenvalue weighted by molar-refractivity contribution is 0.480. The summed E-state index contributed by atoms with van der Waals surface area (Å²) in [4.78, 5) is 0. The summed E-state index contributed by atoms with van der Waals surface area (Å²) in [5.74, 6) is 1.89. The fourth-order valence-electron chi connectivity index (χ4n) is 2.21. The van der Waals surface area contributed by atoms with Crippen LogP contribution in [0.2, 0.25) is 0 Å². The van der Waals surface area contributed by atoms with Crippen molar-refractivity contribution in [3.63, 3.8) is 0 Å². The van der Waals surface area contributed by atoms with Crippen LogP contribution in [-0.2, 0) is 6.42 Å². The summed E-state index contributed by atoms with van der Waals surface area (Å²) in [5, 5.41) is 0. The van der Waals surface area contributed by atoms with E-state index in [1.54, 1.807) is 0 Å². The summed E-state index contributed by atoms with van der Waals surface area (Å²) < 4.78 is 6.04. The zero-order valence-electron chi connectivity index (χ0n) is 10.7. The number of hydrogen-bond acceptors (Lipinski definition) is 1. The van der Waals surface area contributed by atoms with E-state index in [1.165, 1.54) is 11.1 Å². The van der Waals surface area contributed by atoms with Crippen molar-refractivity contribution in [2.45, 2.75) is 20.3 Å². The first kappa shape index (κ1) is 11.1. The Morgan fingerprint density at radius 2 is 1.72 bits per heavy atom. The van der Waals surface area contributed by atoms with Gasteiger partial charge in [0.25, 0.3) is 0 Å². The third-order valence-electron chi connectivity index (χ3n) is 3.31. The molecule has 0 bridgehead atoms. The molecule has 0 unspecified atom stereocenters. The molecule has 0 amide bonds. The maximum Gasteiger partial charge on any atom is 0.134 e. The molecule has 2 aromatic carbocycles. The molecule has 18 heavy (non-hydrogen) atoms. The second-order valence-corrected chi connectivity index (χ2v) is 4.70. The van der Waals surface area contributed by atoms with Gasteiger partial charge in [0.05, 0.1) is 0 Å². The van der Waals surface area contributed by atoms with Gasteiger partial charge in [-0.15, -0.1) is 0 Å². The van der Waals surface area contributed by atoms with E-state index < -0.39 is 0 Å². The molecule has 1 nitrogen and oxygen atoms in total. The van der Waals surface area contributed by atoms with Crippen LogP contribution in [0.25, 0.3) is 12.2 Å². The summed E-state index contributed by atoms with van der Waals surface area (Å²) in [6.45, 7) is 4.26. The third kappa shape index (κ3) is 1.92. The van der Waals surface area contributed by atoms with Crippen LogP contribution in [-0.4, -0.2) is 0 Å². The van der Waals surface area contributed by atoms with Crippen LogP contribution in [0, 0.1) is 6.92 Å². The number of hydrogen-bond donors (Lipinski definition) is 0. The SMILES string of the molecule is CCc1ccc2c(c1)Oc1ccc(C)cc1C=C2. The van der Waals surface area contributed by atoms with E-state index in [2.05, 4.69) is 56.3 Å². The molecule has 0 atom stereocenters. The van der Waals surface area contributed by atoms with Crippen LogP contribution in [0.1, 0.15) is 29.2 Å². The van der Waals surface area contributed by atoms with E-state index in [4.69, 9.17) is 4.74 Å². The fourth-order valence-corrected chi connectivity index (χ4v) is 2.21. The lowest BCUT2D eigenvalue weighted by atomic mass is 10.1. The first-order valence-corrected chi connectivity index (χ1v) is 6.36. The second kappa shape index (κ2) is 4.34. The summed E-state index contributed by atoms with van der Waals surface area (Å²) in [7, 11) is 0. The molecule has 0 aliphatic carbocycles. The maximum atomic E-state index is 6.04. The van der Waals surface area contributed by atoms with Crippen LogP contribution < -0.4 is 4.74 Å². The van der Waals surface area contributed by atoms with Gasteiger partial charge in [0, 0.05) is 11.1 Å². The van der Waals surface area contributed by atoms with Gasteiger partial charge in [0.2, 0.25) is 0 Å². The molecule has 1 aliphatic heterocycles. The Balaban J connectivity index is 2.11. The minimum atomic E-state index is 0.934. The Hall–Kier alpha value is -2.02. The van der Waals surface area contributed by atoms with Crippen molar-refractivity contribution >= 4 is 12.2 Å². The highest BCUT2D eigenvalue weighted by Crippen LogP contribution is 2.34. The molecule has 0 radical (unpaired) electrons. The minimum Gasteiger partial charge on any atom is -0.456 e. The molecule has 2 aromatic rings. The predicted octanol–water partition coefficient (Wildman–Crippen LogP) is 4.83. The molecular formula is C17H16O. The smallest absolute Gasteiger partial charge is 0.134 e. The first-order chi connectivity index (χ1) is 8.76. The molecule has 0 aromatic heterocycles. The van der Waals surface area contributed by atoms with Gasteiger partial charge in [0.1, 0.15) is 11.5 Å². The molecule has 0 saturated heterocycles. The van der Waals surface area contributed by atoms with Crippen molar-refractivity contribution in [2.75, 3.05) is 0 Å². The van der Waals surface area contributed by atoms with E-state index in [0.717, 1.165) is 29.0 Å². The second-order valence-electron chi connectivity index (χ2n) is 4.70. The van der Waals surface area contributed by atoms with Crippen LogP contribution in [0.15, 0.2) is 36.4 Å². The molecule has 0 fully saturated rings. The lowest BCUT2D eigenvalue weighted by Gasteiger charge is -2.10. The number of aryl methyl sites for hydroxylation is 2. The lowest BCUT2D eigenvalue weighted by Crippen LogP contribution is -1.90. The standard InChI is InChI=1S/C17H16O/c1-3-13-5-6-14-7-8-15-10-12(2)4-9-16(15)18-17(14)11-13/h4-11H,3H2,1-2H3. The van der Waals surface area contributed by atoms with E-state index in [9.17, 15) is 0 Å². The van der Waals surface area contributed by atoms with Crippen LogP contribution in [0.5, 0.6) is 11.5 Å². The number of ether oxygens (including phenoxy) is 1. The number of fused-ring (bicyclic) bond motifs is 2. The van der Waals surface area contributed by atoms with Crippen molar-refractivity contribution < 1.29 is 4.74 Å². The Morgan fingerprint density at radius 3 is 2.56 bits per heavy atom. The van der Waals surface area contributed by atoms with Gasteiger partial charge < -0.3 is 4.74 Å². The molecular weight excluding hydrogens is 220 g/mol. The average molecular weight is 236 g/mol. The Bertz CT molecular complexity index is 624. The molecule has 1 aliphatic rings. The molecule has 0 spiro atoms. The number of rotatable bonds is 1. The van der Waals surface area contributed by atoms with Gasteiger partial charge >= 0.3 is 0 Å². The summed E-state index contributed by atoms with van der Waals surface area (Å²) in [5.41, 5.74) is 4.84. The van der Waals surface area contributed by atoms with Crippen molar-refractivity contribution in [3.05, 3.63) is 58.7 Å². The first-order valence-electron chi connectivity index (χ1n) is 6.36. The molecule has 0 N–H and O–H groups in total. The van der Waals surface area contributed by atoms with Gasteiger partial charge in [-0.2, -0.15) is 0 Å². The van der Waals surface area contributed by atoms with Gasteiger partial charge in [0.15, 0.2) is 0 Å². The van der Waals surface area contributed by atoms with Crippen molar-refractivity contribution in [1.82, 2.24) is 0 Å². The van der Waals surface area contributed by atoms with Crippen LogP contribution in [0.3, 0.4) is 0 Å². The minimum absolute atomic E-state index is 0.934. The topological polar surface area (TPSA) is 9.23 Å². The van der Waals surface area contributed by atoms with Gasteiger partial charge in [-0.3, -0.25) is 0 Å². The van der Waals surface area contributed by atoms with E-state index in [0.29, 0.717) is 0 Å². The van der Waals surface area contributed by atoms with E-state index in [1.807, 2.05) is 6.07 Å². The Kier molecular flexibility index (Phi) is 2.67. The molecule has 1 heteroatoms. The third-order valence-corrected chi connectivity index (χ3v) is 3.31. The quantitative estimate of drug-likeness (QED) is 0.587. The molecule has 3 rings (SSSR count). The van der Waals surface area contributed by atoms with Crippen molar-refractivity contribution in [1.29, 1.82) is 0 Å². The summed E-state index contributed by atoms with van der Waals surface area (Å²) >= 11 is 0. The predicted molar refractivity (Wildman–Crippen MR) is 76.0 cm³/mol.